The van der Waals surface area contributed by atoms with Crippen LogP contribution in [0.15, 0.2) is 53.4 Å². The Morgan fingerprint density at radius 1 is 1.15 bits per heavy atom. The van der Waals surface area contributed by atoms with E-state index in [0.717, 1.165) is 18.5 Å². The van der Waals surface area contributed by atoms with Gasteiger partial charge in [0.1, 0.15) is 22.1 Å². The first-order valence-electron chi connectivity index (χ1n) is 8.59. The third-order valence-electron chi connectivity index (χ3n) is 5.07. The first-order chi connectivity index (χ1) is 12.4. The van der Waals surface area contributed by atoms with Crippen LogP contribution in [-0.4, -0.2) is 49.9 Å². The summed E-state index contributed by atoms with van der Waals surface area (Å²) in [6, 6.07) is 13.3. The van der Waals surface area contributed by atoms with Crippen molar-refractivity contribution in [2.24, 2.45) is 0 Å². The minimum Gasteiger partial charge on any atom is -0.483 e. The van der Waals surface area contributed by atoms with E-state index in [4.69, 9.17) is 4.74 Å². The van der Waals surface area contributed by atoms with Gasteiger partial charge in [0.05, 0.1) is 6.54 Å². The molecule has 1 spiro atoms. The molecule has 0 N–H and O–H groups in total. The molecule has 0 saturated carbocycles. The van der Waals surface area contributed by atoms with Crippen molar-refractivity contribution < 1.29 is 17.5 Å². The highest BCUT2D eigenvalue weighted by molar-refractivity contribution is 7.89. The van der Waals surface area contributed by atoms with Crippen molar-refractivity contribution in [1.82, 2.24) is 9.21 Å². The molecule has 0 aromatic heterocycles. The van der Waals surface area contributed by atoms with Crippen molar-refractivity contribution in [3.8, 4) is 5.75 Å². The van der Waals surface area contributed by atoms with Crippen molar-refractivity contribution in [3.63, 3.8) is 0 Å². The van der Waals surface area contributed by atoms with E-state index in [-0.39, 0.29) is 10.7 Å². The summed E-state index contributed by atoms with van der Waals surface area (Å²) in [4.78, 5) is 2.39. The molecule has 5 nitrogen and oxygen atoms in total. The summed E-state index contributed by atoms with van der Waals surface area (Å²) in [5.74, 6) is 0.159. The number of nitrogens with zero attached hydrogens (tertiary/aromatic N) is 2. The van der Waals surface area contributed by atoms with E-state index in [0.29, 0.717) is 25.4 Å². The van der Waals surface area contributed by atoms with E-state index < -0.39 is 15.6 Å². The predicted octanol–water partition coefficient (Wildman–Crippen LogP) is 2.48. The first-order valence-corrected chi connectivity index (χ1v) is 10.0. The van der Waals surface area contributed by atoms with Crippen LogP contribution in [-0.2, 0) is 16.6 Å². The van der Waals surface area contributed by atoms with E-state index in [1.807, 2.05) is 6.07 Å². The summed E-state index contributed by atoms with van der Waals surface area (Å²) in [7, 11) is -1.97. The molecular formula is C19H21FN2O3S. The molecule has 2 aromatic carbocycles. The van der Waals surface area contributed by atoms with Crippen LogP contribution in [0.25, 0.3) is 0 Å². The quantitative estimate of drug-likeness (QED) is 0.808. The lowest BCUT2D eigenvalue weighted by atomic mass is 10.0. The van der Waals surface area contributed by atoms with Gasteiger partial charge < -0.3 is 4.74 Å². The Hall–Kier alpha value is -1.96. The lowest BCUT2D eigenvalue weighted by Crippen LogP contribution is -2.47. The van der Waals surface area contributed by atoms with E-state index in [1.54, 1.807) is 37.4 Å². The molecule has 4 rings (SSSR count). The molecule has 2 aliphatic rings. The third kappa shape index (κ3) is 3.11. The first kappa shape index (κ1) is 17.5. The van der Waals surface area contributed by atoms with Gasteiger partial charge in [-0.25, -0.2) is 12.8 Å². The van der Waals surface area contributed by atoms with Gasteiger partial charge in [-0.1, -0.05) is 24.3 Å². The fraction of sp³-hybridized carbons (Fsp3) is 0.368. The molecule has 26 heavy (non-hydrogen) atoms. The van der Waals surface area contributed by atoms with Crippen LogP contribution in [0.5, 0.6) is 5.75 Å². The van der Waals surface area contributed by atoms with Crippen LogP contribution >= 0.6 is 0 Å². The molecule has 138 valence electrons. The molecule has 2 heterocycles. The number of rotatable bonds is 2. The minimum atomic E-state index is -3.56. The number of likely N-dealkylation sites (tertiary alicyclic amines) is 1. The Balaban J connectivity index is 1.60. The average Bonchev–Trinajstić information content (AvgIpc) is 2.93. The highest BCUT2D eigenvalue weighted by Crippen LogP contribution is 2.38. The maximum Gasteiger partial charge on any atom is 0.246 e. The fourth-order valence-corrected chi connectivity index (χ4v) is 5.20. The SMILES string of the molecule is CN1C[C@@]2(CCN(Cc3cccc(F)c3)C2)Oc2ccccc2S1(=O)=O. The third-order valence-corrected chi connectivity index (χ3v) is 6.91. The molecule has 7 heteroatoms. The highest BCUT2D eigenvalue weighted by atomic mass is 32.2. The summed E-state index contributed by atoms with van der Waals surface area (Å²) in [5.41, 5.74) is 0.305. The van der Waals surface area contributed by atoms with Crippen molar-refractivity contribution in [1.29, 1.82) is 0 Å². The zero-order chi connectivity index (χ0) is 18.4. The predicted molar refractivity (Wildman–Crippen MR) is 95.9 cm³/mol. The molecule has 0 amide bonds. The molecule has 0 aliphatic carbocycles. The number of likely N-dealkylation sites (N-methyl/N-ethyl adjacent to an activating group) is 1. The van der Waals surface area contributed by atoms with Gasteiger partial charge in [-0.2, -0.15) is 4.31 Å². The number of halogens is 1. The molecule has 0 unspecified atom stereocenters. The van der Waals surface area contributed by atoms with Crippen LogP contribution in [0.4, 0.5) is 4.39 Å². The number of hydrogen-bond acceptors (Lipinski definition) is 4. The van der Waals surface area contributed by atoms with Gasteiger partial charge >= 0.3 is 0 Å². The lowest BCUT2D eigenvalue weighted by molar-refractivity contribution is 0.0623. The summed E-state index contributed by atoms with van der Waals surface area (Å²) >= 11 is 0. The Labute approximate surface area is 153 Å². The van der Waals surface area contributed by atoms with Crippen LogP contribution < -0.4 is 4.74 Å². The second-order valence-electron chi connectivity index (χ2n) is 7.08. The van der Waals surface area contributed by atoms with Gasteiger partial charge in [-0.05, 0) is 29.8 Å². The van der Waals surface area contributed by atoms with Crippen molar-refractivity contribution >= 4 is 10.0 Å². The molecule has 1 saturated heterocycles. The van der Waals surface area contributed by atoms with E-state index in [2.05, 4.69) is 4.90 Å². The van der Waals surface area contributed by atoms with Crippen molar-refractivity contribution in [2.75, 3.05) is 26.7 Å². The van der Waals surface area contributed by atoms with Gasteiger partial charge in [0.25, 0.3) is 0 Å². The largest absolute Gasteiger partial charge is 0.483 e. The van der Waals surface area contributed by atoms with Gasteiger partial charge in [0.15, 0.2) is 0 Å². The monoisotopic (exact) mass is 376 g/mol. The normalized spacial score (nSPS) is 25.6. The number of sulfonamides is 1. The second-order valence-corrected chi connectivity index (χ2v) is 9.10. The Morgan fingerprint density at radius 2 is 1.96 bits per heavy atom. The lowest BCUT2D eigenvalue weighted by Gasteiger charge is -2.30. The van der Waals surface area contributed by atoms with Crippen molar-refractivity contribution in [2.45, 2.75) is 23.5 Å². The fourth-order valence-electron chi connectivity index (χ4n) is 3.84. The Morgan fingerprint density at radius 3 is 2.77 bits per heavy atom. The highest BCUT2D eigenvalue weighted by Gasteiger charge is 2.46. The van der Waals surface area contributed by atoms with Crippen LogP contribution in [0.1, 0.15) is 12.0 Å². The molecule has 1 fully saturated rings. The zero-order valence-electron chi connectivity index (χ0n) is 14.6. The van der Waals surface area contributed by atoms with E-state index >= 15 is 0 Å². The molecule has 0 bridgehead atoms. The smallest absolute Gasteiger partial charge is 0.246 e. The maximum absolute atomic E-state index is 13.4. The number of fused-ring (bicyclic) bond motifs is 1. The number of ether oxygens (including phenoxy) is 1. The molecule has 2 aliphatic heterocycles. The van der Waals surface area contributed by atoms with Crippen molar-refractivity contribution in [3.05, 3.63) is 59.9 Å². The summed E-state index contributed by atoms with van der Waals surface area (Å²) in [6.45, 7) is 2.27. The summed E-state index contributed by atoms with van der Waals surface area (Å²) < 4.78 is 46.6. The maximum atomic E-state index is 13.4. The van der Waals surface area contributed by atoms with Crippen LogP contribution in [0.2, 0.25) is 0 Å². The van der Waals surface area contributed by atoms with Crippen LogP contribution in [0, 0.1) is 5.82 Å². The molecule has 2 aromatic rings. The standard InChI is InChI=1S/C19H21FN2O3S/c1-21-13-19(25-17-7-2-3-8-18(17)26(21,23)24)9-10-22(14-19)12-15-5-4-6-16(20)11-15/h2-8,11H,9-10,12-14H2,1H3/t19-/m1/s1. The zero-order valence-corrected chi connectivity index (χ0v) is 15.4. The van der Waals surface area contributed by atoms with Crippen LogP contribution in [0.3, 0.4) is 0 Å². The minimum absolute atomic E-state index is 0.211. The Bertz CT molecular complexity index is 934. The average molecular weight is 376 g/mol. The summed E-state index contributed by atoms with van der Waals surface area (Å²) in [6.07, 6.45) is 0.719. The van der Waals surface area contributed by atoms with E-state index in [9.17, 15) is 12.8 Å². The van der Waals surface area contributed by atoms with Gasteiger partial charge in [0, 0.05) is 33.1 Å². The number of benzene rings is 2. The molecule has 0 radical (unpaired) electrons. The van der Waals surface area contributed by atoms with E-state index in [1.165, 1.54) is 16.4 Å². The van der Waals surface area contributed by atoms with Gasteiger partial charge in [-0.15, -0.1) is 0 Å². The number of hydrogen-bond donors (Lipinski definition) is 0. The number of para-hydroxylation sites is 1. The molecular weight excluding hydrogens is 355 g/mol. The Kier molecular flexibility index (Phi) is 4.25. The van der Waals surface area contributed by atoms with Gasteiger partial charge in [-0.3, -0.25) is 4.90 Å². The molecule has 1 atom stereocenters. The second kappa shape index (κ2) is 6.33. The van der Waals surface area contributed by atoms with Gasteiger partial charge in [0.2, 0.25) is 10.0 Å². The summed E-state index contributed by atoms with van der Waals surface area (Å²) in [5, 5.41) is 0. The topological polar surface area (TPSA) is 49.9 Å².